The van der Waals surface area contributed by atoms with E-state index in [0.717, 1.165) is 18.4 Å². The average Bonchev–Trinajstić information content (AvgIpc) is 2.96. The number of hydrogen-bond acceptors (Lipinski definition) is 3. The van der Waals surface area contributed by atoms with Crippen LogP contribution in [-0.4, -0.2) is 17.8 Å². The van der Waals surface area contributed by atoms with Crippen molar-refractivity contribution in [2.45, 2.75) is 24.5 Å². The summed E-state index contributed by atoms with van der Waals surface area (Å²) in [4.78, 5) is 0. The second kappa shape index (κ2) is 3.67. The van der Waals surface area contributed by atoms with Crippen LogP contribution in [0.25, 0.3) is 0 Å². The lowest BCUT2D eigenvalue weighted by molar-refractivity contribution is 0.136. The molecule has 2 rings (SSSR count). The quantitative estimate of drug-likeness (QED) is 0.829. The van der Waals surface area contributed by atoms with Crippen LogP contribution in [0.4, 0.5) is 0 Å². The van der Waals surface area contributed by atoms with E-state index < -0.39 is 11.6 Å². The standard InChI is InChI=1S/C11H14ClNO2/c1-15-9-3-2-7(6-8(9)12)10(14)11(13)4-5-11/h2-3,6,10,14H,4-5,13H2,1H3. The number of hydrogen-bond donors (Lipinski definition) is 2. The van der Waals surface area contributed by atoms with Crippen LogP contribution in [-0.2, 0) is 0 Å². The summed E-state index contributed by atoms with van der Waals surface area (Å²) in [7, 11) is 1.56. The summed E-state index contributed by atoms with van der Waals surface area (Å²) in [5.41, 5.74) is 6.22. The van der Waals surface area contributed by atoms with E-state index in [4.69, 9.17) is 22.1 Å². The molecule has 0 heterocycles. The molecule has 1 unspecified atom stereocenters. The van der Waals surface area contributed by atoms with Crippen LogP contribution in [0.5, 0.6) is 5.75 Å². The Morgan fingerprint density at radius 3 is 2.67 bits per heavy atom. The molecule has 3 nitrogen and oxygen atoms in total. The van der Waals surface area contributed by atoms with Crippen molar-refractivity contribution in [3.63, 3.8) is 0 Å². The van der Waals surface area contributed by atoms with Gasteiger partial charge in [0, 0.05) is 5.54 Å². The zero-order valence-electron chi connectivity index (χ0n) is 8.53. The van der Waals surface area contributed by atoms with Crippen LogP contribution in [0.3, 0.4) is 0 Å². The van der Waals surface area contributed by atoms with Gasteiger partial charge in [-0.1, -0.05) is 17.7 Å². The van der Waals surface area contributed by atoms with Crippen molar-refractivity contribution in [1.29, 1.82) is 0 Å². The molecule has 1 saturated carbocycles. The number of nitrogens with two attached hydrogens (primary N) is 1. The van der Waals surface area contributed by atoms with Gasteiger partial charge in [0.15, 0.2) is 0 Å². The van der Waals surface area contributed by atoms with E-state index >= 15 is 0 Å². The molecule has 1 aliphatic rings. The average molecular weight is 228 g/mol. The van der Waals surface area contributed by atoms with Gasteiger partial charge in [-0.25, -0.2) is 0 Å². The fourth-order valence-corrected chi connectivity index (χ4v) is 1.87. The fraction of sp³-hybridized carbons (Fsp3) is 0.455. The summed E-state index contributed by atoms with van der Waals surface area (Å²) >= 11 is 5.97. The van der Waals surface area contributed by atoms with Crippen LogP contribution >= 0.6 is 11.6 Å². The Kier molecular flexibility index (Phi) is 2.63. The van der Waals surface area contributed by atoms with Crippen molar-refractivity contribution in [3.8, 4) is 5.75 Å². The van der Waals surface area contributed by atoms with Crippen molar-refractivity contribution in [1.82, 2.24) is 0 Å². The monoisotopic (exact) mass is 227 g/mol. The molecular formula is C11H14ClNO2. The molecule has 0 amide bonds. The molecule has 0 spiro atoms. The lowest BCUT2D eigenvalue weighted by atomic mass is 10.0. The molecule has 0 saturated heterocycles. The van der Waals surface area contributed by atoms with Gasteiger partial charge in [-0.05, 0) is 30.5 Å². The Balaban J connectivity index is 2.26. The van der Waals surface area contributed by atoms with Crippen molar-refractivity contribution < 1.29 is 9.84 Å². The summed E-state index contributed by atoms with van der Waals surface area (Å²) in [6.45, 7) is 0. The van der Waals surface area contributed by atoms with E-state index in [1.807, 2.05) is 0 Å². The van der Waals surface area contributed by atoms with Gasteiger partial charge < -0.3 is 15.6 Å². The van der Waals surface area contributed by atoms with Gasteiger partial charge in [-0.3, -0.25) is 0 Å². The number of halogens is 1. The predicted molar refractivity (Wildman–Crippen MR) is 59.1 cm³/mol. The van der Waals surface area contributed by atoms with Gasteiger partial charge in [-0.15, -0.1) is 0 Å². The third kappa shape index (κ3) is 1.95. The normalized spacial score (nSPS) is 19.7. The number of rotatable bonds is 3. The Labute approximate surface area is 93.8 Å². The van der Waals surface area contributed by atoms with E-state index in [1.54, 1.807) is 25.3 Å². The highest BCUT2D eigenvalue weighted by Gasteiger charge is 2.45. The van der Waals surface area contributed by atoms with Gasteiger partial charge in [-0.2, -0.15) is 0 Å². The summed E-state index contributed by atoms with van der Waals surface area (Å²) in [5, 5.41) is 10.5. The zero-order valence-corrected chi connectivity index (χ0v) is 9.29. The van der Waals surface area contributed by atoms with Gasteiger partial charge >= 0.3 is 0 Å². The molecule has 1 aliphatic carbocycles. The van der Waals surface area contributed by atoms with Crippen LogP contribution in [0, 0.1) is 0 Å². The highest BCUT2D eigenvalue weighted by Crippen LogP contribution is 2.44. The zero-order chi connectivity index (χ0) is 11.1. The Morgan fingerprint density at radius 1 is 1.53 bits per heavy atom. The van der Waals surface area contributed by atoms with Gasteiger partial charge in [0.25, 0.3) is 0 Å². The maximum Gasteiger partial charge on any atom is 0.137 e. The third-order valence-corrected chi connectivity index (χ3v) is 3.16. The molecule has 1 atom stereocenters. The predicted octanol–water partition coefficient (Wildman–Crippen LogP) is 1.87. The Hall–Kier alpha value is -0.770. The maximum atomic E-state index is 9.98. The minimum absolute atomic E-state index is 0.447. The lowest BCUT2D eigenvalue weighted by Gasteiger charge is -2.18. The molecule has 3 N–H and O–H groups in total. The topological polar surface area (TPSA) is 55.5 Å². The molecule has 4 heteroatoms. The second-order valence-corrected chi connectivity index (χ2v) is 4.44. The van der Waals surface area contributed by atoms with Crippen molar-refractivity contribution in [2.75, 3.05) is 7.11 Å². The first-order chi connectivity index (χ1) is 7.07. The van der Waals surface area contributed by atoms with E-state index in [1.165, 1.54) is 0 Å². The Morgan fingerprint density at radius 2 is 2.20 bits per heavy atom. The molecule has 1 aromatic carbocycles. The summed E-state index contributed by atoms with van der Waals surface area (Å²) in [5.74, 6) is 0.606. The number of benzene rings is 1. The second-order valence-electron chi connectivity index (χ2n) is 4.03. The van der Waals surface area contributed by atoms with E-state index in [2.05, 4.69) is 0 Å². The molecule has 0 aromatic heterocycles. The summed E-state index contributed by atoms with van der Waals surface area (Å²) in [6.07, 6.45) is 1.08. The van der Waals surface area contributed by atoms with Crippen molar-refractivity contribution >= 4 is 11.6 Å². The van der Waals surface area contributed by atoms with E-state index in [9.17, 15) is 5.11 Å². The molecule has 1 fully saturated rings. The summed E-state index contributed by atoms with van der Waals surface area (Å²) < 4.78 is 5.04. The SMILES string of the molecule is COc1ccc(C(O)C2(N)CC2)cc1Cl. The van der Waals surface area contributed by atoms with Gasteiger partial charge in [0.2, 0.25) is 0 Å². The molecule has 0 radical (unpaired) electrons. The number of ether oxygens (including phenoxy) is 1. The first kappa shape index (κ1) is 10.7. The fourth-order valence-electron chi connectivity index (χ4n) is 1.60. The van der Waals surface area contributed by atoms with E-state index in [-0.39, 0.29) is 0 Å². The van der Waals surface area contributed by atoms with Crippen LogP contribution in [0.2, 0.25) is 5.02 Å². The first-order valence-corrected chi connectivity index (χ1v) is 5.25. The van der Waals surface area contributed by atoms with Crippen LogP contribution in [0.15, 0.2) is 18.2 Å². The smallest absolute Gasteiger partial charge is 0.137 e. The molecule has 0 bridgehead atoms. The Bertz CT molecular complexity index is 377. The molecular weight excluding hydrogens is 214 g/mol. The summed E-state index contributed by atoms with van der Waals surface area (Å²) in [6, 6.07) is 5.24. The largest absolute Gasteiger partial charge is 0.495 e. The number of methoxy groups -OCH3 is 1. The van der Waals surface area contributed by atoms with Gasteiger partial charge in [0.1, 0.15) is 5.75 Å². The minimum atomic E-state index is -0.638. The van der Waals surface area contributed by atoms with Crippen LogP contribution < -0.4 is 10.5 Å². The van der Waals surface area contributed by atoms with E-state index in [0.29, 0.717) is 10.8 Å². The number of aliphatic hydroxyl groups excluding tert-OH is 1. The highest BCUT2D eigenvalue weighted by atomic mass is 35.5. The molecule has 1 aromatic rings. The molecule has 0 aliphatic heterocycles. The van der Waals surface area contributed by atoms with Crippen molar-refractivity contribution in [2.24, 2.45) is 5.73 Å². The maximum absolute atomic E-state index is 9.98. The van der Waals surface area contributed by atoms with Gasteiger partial charge in [0.05, 0.1) is 18.2 Å². The number of aliphatic hydroxyl groups is 1. The third-order valence-electron chi connectivity index (χ3n) is 2.86. The highest BCUT2D eigenvalue weighted by molar-refractivity contribution is 6.32. The minimum Gasteiger partial charge on any atom is -0.495 e. The lowest BCUT2D eigenvalue weighted by Crippen LogP contribution is -2.30. The molecule has 15 heavy (non-hydrogen) atoms. The first-order valence-electron chi connectivity index (χ1n) is 4.87. The van der Waals surface area contributed by atoms with Crippen molar-refractivity contribution in [3.05, 3.63) is 28.8 Å². The molecule has 82 valence electrons. The van der Waals surface area contributed by atoms with Crippen LogP contribution in [0.1, 0.15) is 24.5 Å².